The molecule has 0 radical (unpaired) electrons. The van der Waals surface area contributed by atoms with Crippen LogP contribution in [0, 0.1) is 5.92 Å². The summed E-state index contributed by atoms with van der Waals surface area (Å²) in [6.45, 7) is 3.20. The lowest BCUT2D eigenvalue weighted by Gasteiger charge is -2.29. The van der Waals surface area contributed by atoms with Crippen LogP contribution in [0.5, 0.6) is 0 Å². The third-order valence-electron chi connectivity index (χ3n) is 3.34. The van der Waals surface area contributed by atoms with Crippen molar-refractivity contribution in [1.82, 2.24) is 4.31 Å². The molecule has 0 unspecified atom stereocenters. The van der Waals surface area contributed by atoms with Crippen molar-refractivity contribution in [3.63, 3.8) is 0 Å². The van der Waals surface area contributed by atoms with E-state index in [1.165, 1.54) is 16.4 Å². The van der Waals surface area contributed by atoms with Gasteiger partial charge in [0.05, 0.1) is 10.0 Å². The van der Waals surface area contributed by atoms with Crippen molar-refractivity contribution >= 4 is 49.2 Å². The van der Waals surface area contributed by atoms with Gasteiger partial charge < -0.3 is 0 Å². The first-order chi connectivity index (χ1) is 8.82. The smallest absolute Gasteiger partial charge is 0.207 e. The number of piperidine rings is 1. The summed E-state index contributed by atoms with van der Waals surface area (Å²) < 4.78 is 27.2. The first-order valence-electron chi connectivity index (χ1n) is 5.97. The average molecular weight is 387 g/mol. The third kappa shape index (κ3) is 3.27. The maximum Gasteiger partial charge on any atom is 0.244 e. The molecule has 1 aromatic carbocycles. The van der Waals surface area contributed by atoms with Crippen molar-refractivity contribution in [1.29, 1.82) is 0 Å². The highest BCUT2D eigenvalue weighted by Gasteiger charge is 2.30. The molecule has 1 aliphatic rings. The molecule has 7 heteroatoms. The maximum absolute atomic E-state index is 12.5. The standard InChI is InChI=1S/C12H14BrCl2NO2S/c1-8-2-4-16(5-3-8)19(17,18)12-7-10(14)9(13)6-11(12)15/h6-8H,2-5H2,1H3. The molecule has 1 fully saturated rings. The largest absolute Gasteiger partial charge is 0.244 e. The van der Waals surface area contributed by atoms with E-state index >= 15 is 0 Å². The summed E-state index contributed by atoms with van der Waals surface area (Å²) >= 11 is 15.2. The van der Waals surface area contributed by atoms with Crippen molar-refractivity contribution < 1.29 is 8.42 Å². The molecule has 19 heavy (non-hydrogen) atoms. The average Bonchev–Trinajstić information content (AvgIpc) is 2.34. The van der Waals surface area contributed by atoms with Crippen LogP contribution in [-0.2, 0) is 10.0 Å². The van der Waals surface area contributed by atoms with E-state index in [1.54, 1.807) is 0 Å². The van der Waals surface area contributed by atoms with E-state index in [1.807, 2.05) is 0 Å². The zero-order valence-corrected chi connectivity index (χ0v) is 14.3. The summed E-state index contributed by atoms with van der Waals surface area (Å²) in [5.74, 6) is 0.565. The molecule has 1 aliphatic heterocycles. The van der Waals surface area contributed by atoms with Crippen molar-refractivity contribution in [2.75, 3.05) is 13.1 Å². The molecule has 0 atom stereocenters. The van der Waals surface area contributed by atoms with Crippen molar-refractivity contribution in [3.05, 3.63) is 26.7 Å². The van der Waals surface area contributed by atoms with Gasteiger partial charge in [-0.1, -0.05) is 30.1 Å². The summed E-state index contributed by atoms with van der Waals surface area (Å²) in [7, 11) is -3.56. The first kappa shape index (κ1) is 15.6. The van der Waals surface area contributed by atoms with Crippen LogP contribution in [0.3, 0.4) is 0 Å². The minimum atomic E-state index is -3.56. The topological polar surface area (TPSA) is 37.4 Å². The lowest BCUT2D eigenvalue weighted by Crippen LogP contribution is -2.38. The van der Waals surface area contributed by atoms with Crippen LogP contribution in [0.25, 0.3) is 0 Å². The van der Waals surface area contributed by atoms with Crippen LogP contribution < -0.4 is 0 Å². The lowest BCUT2D eigenvalue weighted by molar-refractivity contribution is 0.288. The van der Waals surface area contributed by atoms with Gasteiger partial charge in [0.1, 0.15) is 4.90 Å². The third-order valence-corrected chi connectivity index (χ3v) is 6.90. The zero-order valence-electron chi connectivity index (χ0n) is 10.4. The van der Waals surface area contributed by atoms with E-state index in [-0.39, 0.29) is 9.92 Å². The van der Waals surface area contributed by atoms with Gasteiger partial charge >= 0.3 is 0 Å². The van der Waals surface area contributed by atoms with Crippen LogP contribution in [-0.4, -0.2) is 25.8 Å². The summed E-state index contributed by atoms with van der Waals surface area (Å²) in [4.78, 5) is 0.0805. The Morgan fingerprint density at radius 3 is 2.37 bits per heavy atom. The summed E-state index contributed by atoms with van der Waals surface area (Å²) in [6.07, 6.45) is 1.75. The Labute approximate surface area is 132 Å². The molecule has 1 saturated heterocycles. The van der Waals surface area contributed by atoms with Gasteiger partial charge in [0.2, 0.25) is 10.0 Å². The van der Waals surface area contributed by atoms with Gasteiger partial charge in [-0.15, -0.1) is 0 Å². The number of halogens is 3. The molecule has 0 bridgehead atoms. The molecule has 2 rings (SSSR count). The van der Waals surface area contributed by atoms with Gasteiger partial charge in [0.25, 0.3) is 0 Å². The van der Waals surface area contributed by atoms with E-state index in [0.29, 0.717) is 28.5 Å². The molecular formula is C12H14BrCl2NO2S. The Balaban J connectivity index is 2.37. The second-order valence-corrected chi connectivity index (χ2v) is 8.36. The van der Waals surface area contributed by atoms with Gasteiger partial charge in [-0.2, -0.15) is 4.31 Å². The summed E-state index contributed by atoms with van der Waals surface area (Å²) in [5, 5.41) is 0.531. The van der Waals surface area contributed by atoms with Crippen molar-refractivity contribution in [2.24, 2.45) is 5.92 Å². The Morgan fingerprint density at radius 1 is 1.21 bits per heavy atom. The zero-order chi connectivity index (χ0) is 14.2. The molecule has 1 heterocycles. The first-order valence-corrected chi connectivity index (χ1v) is 8.96. The lowest BCUT2D eigenvalue weighted by atomic mass is 10.0. The van der Waals surface area contributed by atoms with Gasteiger partial charge in [0.15, 0.2) is 0 Å². The van der Waals surface area contributed by atoms with E-state index in [2.05, 4.69) is 22.9 Å². The fourth-order valence-corrected chi connectivity index (χ4v) is 4.77. The molecule has 3 nitrogen and oxygen atoms in total. The van der Waals surface area contributed by atoms with Crippen LogP contribution >= 0.6 is 39.1 Å². The Morgan fingerprint density at radius 2 is 1.79 bits per heavy atom. The van der Waals surface area contributed by atoms with Crippen LogP contribution in [0.2, 0.25) is 10.0 Å². The van der Waals surface area contributed by atoms with Gasteiger partial charge in [0, 0.05) is 17.6 Å². The number of hydrogen-bond donors (Lipinski definition) is 0. The highest BCUT2D eigenvalue weighted by Crippen LogP contribution is 2.34. The number of sulfonamides is 1. The van der Waals surface area contributed by atoms with Gasteiger partial charge in [-0.05, 0) is 46.8 Å². The van der Waals surface area contributed by atoms with Crippen molar-refractivity contribution in [3.8, 4) is 0 Å². The normalized spacial score (nSPS) is 18.7. The van der Waals surface area contributed by atoms with Gasteiger partial charge in [-0.25, -0.2) is 8.42 Å². The number of rotatable bonds is 2. The number of hydrogen-bond acceptors (Lipinski definition) is 2. The second-order valence-electron chi connectivity index (χ2n) is 4.78. The van der Waals surface area contributed by atoms with Crippen LogP contribution in [0.4, 0.5) is 0 Å². The van der Waals surface area contributed by atoms with Crippen LogP contribution in [0.15, 0.2) is 21.5 Å². The SMILES string of the molecule is CC1CCN(S(=O)(=O)c2cc(Cl)c(Br)cc2Cl)CC1. The molecule has 0 aromatic heterocycles. The second kappa shape index (κ2) is 5.90. The van der Waals surface area contributed by atoms with E-state index in [9.17, 15) is 8.42 Å². The molecule has 0 aliphatic carbocycles. The minimum Gasteiger partial charge on any atom is -0.207 e. The molecule has 0 spiro atoms. The number of nitrogens with zero attached hydrogens (tertiary/aromatic N) is 1. The van der Waals surface area contributed by atoms with Gasteiger partial charge in [-0.3, -0.25) is 0 Å². The molecule has 0 N–H and O–H groups in total. The fourth-order valence-electron chi connectivity index (χ4n) is 2.07. The Kier molecular flexibility index (Phi) is 4.83. The highest BCUT2D eigenvalue weighted by molar-refractivity contribution is 9.10. The summed E-state index contributed by atoms with van der Waals surface area (Å²) in [5.41, 5.74) is 0. The Hall–Kier alpha value is 0.190. The van der Waals surface area contributed by atoms with Crippen LogP contribution in [0.1, 0.15) is 19.8 Å². The van der Waals surface area contributed by atoms with E-state index in [4.69, 9.17) is 23.2 Å². The summed E-state index contributed by atoms with van der Waals surface area (Å²) in [6, 6.07) is 2.92. The molecule has 0 amide bonds. The number of benzene rings is 1. The minimum absolute atomic E-state index is 0.0805. The fraction of sp³-hybridized carbons (Fsp3) is 0.500. The predicted molar refractivity (Wildman–Crippen MR) is 81.3 cm³/mol. The predicted octanol–water partition coefficient (Wildman–Crippen LogP) is 4.18. The quantitative estimate of drug-likeness (QED) is 0.715. The Bertz CT molecular complexity index is 584. The molecule has 0 saturated carbocycles. The molecule has 106 valence electrons. The highest BCUT2D eigenvalue weighted by atomic mass is 79.9. The molecule has 1 aromatic rings. The monoisotopic (exact) mass is 385 g/mol. The van der Waals surface area contributed by atoms with E-state index < -0.39 is 10.0 Å². The van der Waals surface area contributed by atoms with Crippen molar-refractivity contribution in [2.45, 2.75) is 24.7 Å². The maximum atomic E-state index is 12.5. The molecular weight excluding hydrogens is 373 g/mol. The van der Waals surface area contributed by atoms with E-state index in [0.717, 1.165) is 12.8 Å².